The van der Waals surface area contributed by atoms with E-state index in [1.54, 1.807) is 0 Å². The van der Waals surface area contributed by atoms with Crippen LogP contribution in [0.25, 0.3) is 0 Å². The first-order valence-electron chi connectivity index (χ1n) is 8.35. The van der Waals surface area contributed by atoms with Crippen molar-refractivity contribution >= 4 is 21.9 Å². The molecule has 1 aliphatic rings. The van der Waals surface area contributed by atoms with Crippen LogP contribution in [0.1, 0.15) is 36.5 Å². The normalized spacial score (nSPS) is 17.9. The van der Waals surface area contributed by atoms with Gasteiger partial charge in [0.1, 0.15) is 0 Å². The molecule has 1 aromatic rings. The summed E-state index contributed by atoms with van der Waals surface area (Å²) in [7, 11) is -3.69. The van der Waals surface area contributed by atoms with Gasteiger partial charge in [0, 0.05) is 12.6 Å². The van der Waals surface area contributed by atoms with Crippen molar-refractivity contribution in [2.45, 2.75) is 37.1 Å². The number of hydrogen-bond acceptors (Lipinski definition) is 5. The molecule has 1 N–H and O–H groups in total. The number of terminal acetylenes is 1. The van der Waals surface area contributed by atoms with Crippen LogP contribution >= 0.6 is 0 Å². The Labute approximate surface area is 153 Å². The zero-order chi connectivity index (χ0) is 19.2. The summed E-state index contributed by atoms with van der Waals surface area (Å²) in [5.41, 5.74) is 0.0699. The van der Waals surface area contributed by atoms with Crippen LogP contribution in [0.3, 0.4) is 0 Å². The van der Waals surface area contributed by atoms with E-state index in [1.807, 2.05) is 6.92 Å². The van der Waals surface area contributed by atoms with Gasteiger partial charge in [0.25, 0.3) is 5.91 Å². The number of nitrogens with one attached hydrogen (secondary N) is 1. The van der Waals surface area contributed by atoms with Gasteiger partial charge in [-0.3, -0.25) is 4.79 Å². The second-order valence-electron chi connectivity index (χ2n) is 6.05. The minimum atomic E-state index is -3.69. The average molecular weight is 378 g/mol. The van der Waals surface area contributed by atoms with Gasteiger partial charge in [0.2, 0.25) is 10.0 Å². The van der Waals surface area contributed by atoms with Crippen LogP contribution < -0.4 is 5.32 Å². The first-order valence-corrected chi connectivity index (χ1v) is 9.79. The Bertz CT molecular complexity index is 813. The molecule has 0 radical (unpaired) electrons. The molecule has 0 saturated carbocycles. The monoisotopic (exact) mass is 378 g/mol. The van der Waals surface area contributed by atoms with Crippen LogP contribution in [-0.4, -0.2) is 50.3 Å². The summed E-state index contributed by atoms with van der Waals surface area (Å²) in [6, 6.07) is 5.58. The number of benzene rings is 1. The molecule has 0 aromatic heterocycles. The lowest BCUT2D eigenvalue weighted by molar-refractivity contribution is -0.123. The first-order chi connectivity index (χ1) is 12.4. The Morgan fingerprint density at radius 2 is 2.15 bits per heavy atom. The summed E-state index contributed by atoms with van der Waals surface area (Å²) in [5.74, 6) is 0.934. The summed E-state index contributed by atoms with van der Waals surface area (Å²) >= 11 is 0. The molecule has 0 bridgehead atoms. The summed E-state index contributed by atoms with van der Waals surface area (Å²) in [6.07, 6.45) is 7.65. The number of rotatable bonds is 6. The fourth-order valence-electron chi connectivity index (χ4n) is 2.76. The van der Waals surface area contributed by atoms with Gasteiger partial charge in [-0.2, -0.15) is 4.31 Å². The van der Waals surface area contributed by atoms with E-state index in [-0.39, 0.29) is 23.0 Å². The highest BCUT2D eigenvalue weighted by molar-refractivity contribution is 7.89. The van der Waals surface area contributed by atoms with Crippen LogP contribution in [0, 0.1) is 12.3 Å². The number of esters is 1. The van der Waals surface area contributed by atoms with Crippen LogP contribution in [0.2, 0.25) is 0 Å². The third-order valence-corrected chi connectivity index (χ3v) is 6.15. The van der Waals surface area contributed by atoms with E-state index in [1.165, 1.54) is 28.6 Å². The van der Waals surface area contributed by atoms with Crippen molar-refractivity contribution in [1.29, 1.82) is 0 Å². The Balaban J connectivity index is 2.10. The average Bonchev–Trinajstić information content (AvgIpc) is 2.64. The molecule has 0 aliphatic carbocycles. The topological polar surface area (TPSA) is 92.8 Å². The maximum atomic E-state index is 12.8. The number of nitrogens with zero attached hydrogens (tertiary/aromatic N) is 1. The lowest BCUT2D eigenvalue weighted by atomic mass is 10.1. The van der Waals surface area contributed by atoms with Crippen LogP contribution in [-0.2, 0) is 19.6 Å². The van der Waals surface area contributed by atoms with E-state index in [0.29, 0.717) is 6.54 Å². The van der Waals surface area contributed by atoms with Crippen molar-refractivity contribution in [3.05, 3.63) is 29.8 Å². The van der Waals surface area contributed by atoms with Crippen molar-refractivity contribution in [2.24, 2.45) is 0 Å². The lowest BCUT2D eigenvalue weighted by Gasteiger charge is -2.32. The van der Waals surface area contributed by atoms with Crippen LogP contribution in [0.4, 0.5) is 0 Å². The number of amides is 1. The molecule has 0 spiro atoms. The molecule has 2 rings (SSSR count). The second kappa shape index (κ2) is 8.83. The smallest absolute Gasteiger partial charge is 0.338 e. The van der Waals surface area contributed by atoms with Crippen molar-refractivity contribution in [3.8, 4) is 12.3 Å². The third-order valence-electron chi connectivity index (χ3n) is 4.14. The molecule has 8 heteroatoms. The molecular weight excluding hydrogens is 356 g/mol. The summed E-state index contributed by atoms with van der Waals surface area (Å²) in [6.45, 7) is 1.90. The number of sulfonamides is 1. The summed E-state index contributed by atoms with van der Waals surface area (Å²) < 4.78 is 32.1. The highest BCUT2D eigenvalue weighted by Crippen LogP contribution is 2.25. The molecule has 26 heavy (non-hydrogen) atoms. The van der Waals surface area contributed by atoms with Gasteiger partial charge in [-0.25, -0.2) is 13.2 Å². The summed E-state index contributed by atoms with van der Waals surface area (Å²) in [5, 5.41) is 2.37. The molecule has 1 fully saturated rings. The molecule has 1 saturated heterocycles. The second-order valence-corrected chi connectivity index (χ2v) is 7.94. The minimum absolute atomic E-state index is 0.0393. The van der Waals surface area contributed by atoms with Gasteiger partial charge in [-0.1, -0.05) is 18.4 Å². The van der Waals surface area contributed by atoms with E-state index in [9.17, 15) is 18.0 Å². The number of carbonyl (C=O) groups is 2. The van der Waals surface area contributed by atoms with Crippen LogP contribution in [0.15, 0.2) is 29.2 Å². The van der Waals surface area contributed by atoms with E-state index >= 15 is 0 Å². The number of hydrogen-bond donors (Lipinski definition) is 1. The highest BCUT2D eigenvalue weighted by Gasteiger charge is 2.31. The fraction of sp³-hybridized carbons (Fsp3) is 0.444. The minimum Gasteiger partial charge on any atom is -0.452 e. The maximum absolute atomic E-state index is 12.8. The maximum Gasteiger partial charge on any atom is 0.338 e. The van der Waals surface area contributed by atoms with Crippen molar-refractivity contribution < 1.29 is 22.7 Å². The van der Waals surface area contributed by atoms with E-state index in [0.717, 1.165) is 19.3 Å². The van der Waals surface area contributed by atoms with Crippen molar-refractivity contribution in [3.63, 3.8) is 0 Å². The first kappa shape index (κ1) is 19.9. The Morgan fingerprint density at radius 1 is 1.38 bits per heavy atom. The zero-order valence-corrected chi connectivity index (χ0v) is 15.4. The third kappa shape index (κ3) is 4.84. The fourth-order valence-corrected chi connectivity index (χ4v) is 4.51. The molecule has 1 atom stereocenters. The van der Waals surface area contributed by atoms with Gasteiger partial charge in [0.15, 0.2) is 6.61 Å². The Hall–Kier alpha value is -2.37. The van der Waals surface area contributed by atoms with Gasteiger partial charge >= 0.3 is 5.97 Å². The predicted octanol–water partition coefficient (Wildman–Crippen LogP) is 1.16. The van der Waals surface area contributed by atoms with Crippen molar-refractivity contribution in [2.75, 3.05) is 19.7 Å². The molecule has 1 aromatic carbocycles. The van der Waals surface area contributed by atoms with Gasteiger partial charge in [-0.15, -0.1) is 6.42 Å². The van der Waals surface area contributed by atoms with E-state index in [4.69, 9.17) is 11.2 Å². The largest absolute Gasteiger partial charge is 0.452 e. The molecule has 7 nitrogen and oxygen atoms in total. The van der Waals surface area contributed by atoms with E-state index in [2.05, 4.69) is 11.2 Å². The molecule has 1 aliphatic heterocycles. The quantitative estimate of drug-likeness (QED) is 0.592. The lowest BCUT2D eigenvalue weighted by Crippen LogP contribution is -2.41. The SMILES string of the molecule is C#CCNC(=O)COC(=O)c1cccc(S(=O)(=O)N2CCCC[C@@H]2C)c1. The predicted molar refractivity (Wildman–Crippen MR) is 95.8 cm³/mol. The van der Waals surface area contributed by atoms with Gasteiger partial charge in [0.05, 0.1) is 17.0 Å². The molecule has 1 heterocycles. The summed E-state index contributed by atoms with van der Waals surface area (Å²) in [4.78, 5) is 23.6. The van der Waals surface area contributed by atoms with Crippen molar-refractivity contribution in [1.82, 2.24) is 9.62 Å². The van der Waals surface area contributed by atoms with Gasteiger partial charge < -0.3 is 10.1 Å². The van der Waals surface area contributed by atoms with E-state index < -0.39 is 28.5 Å². The van der Waals surface area contributed by atoms with Crippen LogP contribution in [0.5, 0.6) is 0 Å². The molecule has 0 unspecified atom stereocenters. The van der Waals surface area contributed by atoms with Gasteiger partial charge in [-0.05, 0) is 38.0 Å². The molecule has 1 amide bonds. The Morgan fingerprint density at radius 3 is 2.85 bits per heavy atom. The highest BCUT2D eigenvalue weighted by atomic mass is 32.2. The standard InChI is InChI=1S/C18H22N2O5S/c1-3-10-19-17(21)13-25-18(22)15-8-6-9-16(12-15)26(23,24)20-11-5-4-7-14(20)2/h1,6,8-9,12,14H,4-5,7,10-11,13H2,2H3,(H,19,21)/t14-/m0/s1. The number of piperidine rings is 1. The Kier molecular flexibility index (Phi) is 6.77. The zero-order valence-electron chi connectivity index (χ0n) is 14.6. The molecule has 140 valence electrons. The molecular formula is C18H22N2O5S. The number of carbonyl (C=O) groups excluding carboxylic acids is 2. The number of ether oxygens (including phenoxy) is 1.